The van der Waals surface area contributed by atoms with Crippen LogP contribution in [-0.2, 0) is 22.9 Å². The summed E-state index contributed by atoms with van der Waals surface area (Å²) in [7, 11) is 5.95. The van der Waals surface area contributed by atoms with Crippen molar-refractivity contribution in [2.75, 3.05) is 39.1 Å². The Morgan fingerprint density at radius 3 is 2.35 bits per heavy atom. The average Bonchev–Trinajstić information content (AvgIpc) is 3.35. The second-order valence-electron chi connectivity index (χ2n) is 9.72. The van der Waals surface area contributed by atoms with Crippen LogP contribution in [-0.4, -0.2) is 71.0 Å². The summed E-state index contributed by atoms with van der Waals surface area (Å²) in [6.07, 6.45) is -3.49. The molecular formula is C25H27F3N6O3. The number of amides is 2. The monoisotopic (exact) mass is 516 g/mol. The molecule has 1 aliphatic rings. The fraction of sp³-hybridized carbons (Fsp3) is 0.400. The van der Waals surface area contributed by atoms with Crippen molar-refractivity contribution < 1.29 is 27.2 Å². The molecule has 0 N–H and O–H groups in total. The van der Waals surface area contributed by atoms with E-state index in [1.165, 1.54) is 18.3 Å². The maximum Gasteiger partial charge on any atom is 0.470 e. The highest BCUT2D eigenvalue weighted by atomic mass is 19.4. The average molecular weight is 517 g/mol. The Balaban J connectivity index is 1.55. The topological polar surface area (TPSA) is 95.7 Å². The summed E-state index contributed by atoms with van der Waals surface area (Å²) < 4.78 is 42.8. The Labute approximate surface area is 211 Å². The minimum Gasteiger partial charge on any atom is -0.413 e. The lowest BCUT2D eigenvalue weighted by atomic mass is 9.77. The van der Waals surface area contributed by atoms with Gasteiger partial charge in [-0.25, -0.2) is 0 Å². The number of alkyl halides is 3. The summed E-state index contributed by atoms with van der Waals surface area (Å²) in [4.78, 5) is 36.2. The van der Waals surface area contributed by atoms with Gasteiger partial charge in [-0.1, -0.05) is 0 Å². The van der Waals surface area contributed by atoms with Gasteiger partial charge in [0, 0.05) is 37.6 Å². The van der Waals surface area contributed by atoms with Gasteiger partial charge in [0.2, 0.25) is 11.8 Å². The number of carbonyl (C=O) groups excluding carboxylic acids is 2. The van der Waals surface area contributed by atoms with Gasteiger partial charge < -0.3 is 14.2 Å². The van der Waals surface area contributed by atoms with E-state index in [9.17, 15) is 22.8 Å². The molecule has 0 radical (unpaired) electrons. The van der Waals surface area contributed by atoms with E-state index in [0.29, 0.717) is 16.8 Å². The van der Waals surface area contributed by atoms with Crippen molar-refractivity contribution in [1.29, 1.82) is 0 Å². The molecule has 1 aromatic carbocycles. The van der Waals surface area contributed by atoms with Gasteiger partial charge in [-0.05, 0) is 63.8 Å². The Hall–Kier alpha value is -3.80. The summed E-state index contributed by atoms with van der Waals surface area (Å²) in [5.74, 6) is -2.59. The first kappa shape index (κ1) is 26.3. The molecule has 0 atom stereocenters. The number of anilines is 1. The molecule has 2 amide bonds. The Kier molecular flexibility index (Phi) is 6.80. The third-order valence-electron chi connectivity index (χ3n) is 6.31. The third-order valence-corrected chi connectivity index (χ3v) is 6.31. The lowest BCUT2D eigenvalue weighted by molar-refractivity contribution is -0.157. The summed E-state index contributed by atoms with van der Waals surface area (Å²) in [6.45, 7) is 5.10. The van der Waals surface area contributed by atoms with Crippen LogP contribution >= 0.6 is 0 Å². The van der Waals surface area contributed by atoms with Crippen molar-refractivity contribution in [3.05, 3.63) is 59.2 Å². The molecule has 3 heterocycles. The van der Waals surface area contributed by atoms with Gasteiger partial charge in [-0.2, -0.15) is 13.2 Å². The normalized spacial score (nSPS) is 15.3. The smallest absolute Gasteiger partial charge is 0.413 e. The number of imide groups is 1. The standard InChI is InChI=1S/C25H27F3N6O3/c1-24(2)19-12-17(33(5)11-10-32(3)4)8-9-18(19)21(35)34(23(24)36)14-16-7-6-15(13-29-16)20-30-31-22(37-20)25(26,27)28/h6-9,12-13H,10-11,14H2,1-5H3. The minimum absolute atomic E-state index is 0.0943. The molecule has 1 aliphatic heterocycles. The summed E-state index contributed by atoms with van der Waals surface area (Å²) >= 11 is 0. The van der Waals surface area contributed by atoms with Crippen LogP contribution in [0.15, 0.2) is 40.9 Å². The van der Waals surface area contributed by atoms with Crippen LogP contribution in [0.1, 0.15) is 41.4 Å². The van der Waals surface area contributed by atoms with E-state index in [1.807, 2.05) is 33.3 Å². The number of likely N-dealkylation sites (N-methyl/N-ethyl adjacent to an activating group) is 2. The van der Waals surface area contributed by atoms with Crippen molar-refractivity contribution in [1.82, 2.24) is 25.0 Å². The molecule has 0 saturated carbocycles. The van der Waals surface area contributed by atoms with Crippen molar-refractivity contribution >= 4 is 17.5 Å². The van der Waals surface area contributed by atoms with Crippen LogP contribution in [0, 0.1) is 0 Å². The predicted octanol–water partition coefficient (Wildman–Crippen LogP) is 3.61. The van der Waals surface area contributed by atoms with Crippen LogP contribution in [0.2, 0.25) is 0 Å². The number of halogens is 3. The fourth-order valence-electron chi connectivity index (χ4n) is 4.05. The summed E-state index contributed by atoms with van der Waals surface area (Å²) in [5, 5.41) is 6.40. The van der Waals surface area contributed by atoms with Crippen LogP contribution in [0.25, 0.3) is 11.5 Å². The number of rotatable bonds is 7. The molecule has 12 heteroatoms. The number of hydrogen-bond acceptors (Lipinski definition) is 8. The number of hydrogen-bond donors (Lipinski definition) is 0. The van der Waals surface area contributed by atoms with Gasteiger partial charge in [0.05, 0.1) is 23.2 Å². The van der Waals surface area contributed by atoms with E-state index in [1.54, 1.807) is 19.9 Å². The number of benzene rings is 1. The number of nitrogens with zero attached hydrogens (tertiary/aromatic N) is 6. The van der Waals surface area contributed by atoms with E-state index >= 15 is 0 Å². The molecule has 3 aromatic rings. The summed E-state index contributed by atoms with van der Waals surface area (Å²) in [5.41, 5.74) is 1.61. The third kappa shape index (κ3) is 5.19. The lowest BCUT2D eigenvalue weighted by Crippen LogP contribution is -2.51. The molecule has 37 heavy (non-hydrogen) atoms. The highest BCUT2D eigenvalue weighted by Crippen LogP contribution is 2.37. The van der Waals surface area contributed by atoms with Gasteiger partial charge in [0.15, 0.2) is 0 Å². The molecule has 0 aliphatic carbocycles. The SMILES string of the molecule is CN(C)CCN(C)c1ccc2c(c1)C(C)(C)C(=O)N(Cc1ccc(-c3nnc(C(F)(F)F)o3)cn1)C2=O. The number of fused-ring (bicyclic) bond motifs is 1. The zero-order valence-corrected chi connectivity index (χ0v) is 21.1. The van der Waals surface area contributed by atoms with Gasteiger partial charge >= 0.3 is 12.1 Å². The quantitative estimate of drug-likeness (QED) is 0.440. The van der Waals surface area contributed by atoms with E-state index < -0.39 is 23.4 Å². The van der Waals surface area contributed by atoms with Gasteiger partial charge in [0.1, 0.15) is 0 Å². The second kappa shape index (κ2) is 9.58. The van der Waals surface area contributed by atoms with Crippen molar-refractivity contribution in [2.45, 2.75) is 32.0 Å². The van der Waals surface area contributed by atoms with Crippen LogP contribution in [0.5, 0.6) is 0 Å². The van der Waals surface area contributed by atoms with Crippen molar-refractivity contribution in [3.8, 4) is 11.5 Å². The van der Waals surface area contributed by atoms with Crippen molar-refractivity contribution in [2.24, 2.45) is 0 Å². The molecule has 0 saturated heterocycles. The molecule has 2 aromatic heterocycles. The number of carbonyl (C=O) groups is 2. The van der Waals surface area contributed by atoms with Gasteiger partial charge in [-0.15, -0.1) is 10.2 Å². The maximum absolute atomic E-state index is 13.4. The molecule has 0 spiro atoms. The van der Waals surface area contributed by atoms with E-state index in [0.717, 1.165) is 23.7 Å². The number of pyridine rings is 1. The molecule has 0 unspecified atom stereocenters. The molecule has 0 fully saturated rings. The first-order valence-electron chi connectivity index (χ1n) is 11.5. The van der Waals surface area contributed by atoms with Crippen molar-refractivity contribution in [3.63, 3.8) is 0 Å². The zero-order valence-electron chi connectivity index (χ0n) is 21.1. The maximum atomic E-state index is 13.4. The first-order valence-corrected chi connectivity index (χ1v) is 11.5. The van der Waals surface area contributed by atoms with E-state index in [4.69, 9.17) is 0 Å². The lowest BCUT2D eigenvalue weighted by Gasteiger charge is -2.38. The highest BCUT2D eigenvalue weighted by molar-refractivity contribution is 6.13. The Bertz CT molecular complexity index is 1320. The van der Waals surface area contributed by atoms with E-state index in [-0.39, 0.29) is 23.9 Å². The Morgan fingerprint density at radius 1 is 1.03 bits per heavy atom. The van der Waals surface area contributed by atoms with Gasteiger partial charge in [0.25, 0.3) is 5.91 Å². The summed E-state index contributed by atoms with van der Waals surface area (Å²) in [6, 6.07) is 8.45. The Morgan fingerprint density at radius 2 is 1.76 bits per heavy atom. The number of aromatic nitrogens is 3. The molecule has 0 bridgehead atoms. The second-order valence-corrected chi connectivity index (χ2v) is 9.72. The molecule has 9 nitrogen and oxygen atoms in total. The van der Waals surface area contributed by atoms with E-state index in [2.05, 4.69) is 29.4 Å². The van der Waals surface area contributed by atoms with Crippen LogP contribution in [0.3, 0.4) is 0 Å². The largest absolute Gasteiger partial charge is 0.470 e. The minimum atomic E-state index is -4.75. The predicted molar refractivity (Wildman–Crippen MR) is 129 cm³/mol. The molecular weight excluding hydrogens is 489 g/mol. The molecule has 196 valence electrons. The highest BCUT2D eigenvalue weighted by Gasteiger charge is 2.44. The molecule has 4 rings (SSSR count). The van der Waals surface area contributed by atoms with Gasteiger partial charge in [-0.3, -0.25) is 19.5 Å². The first-order chi connectivity index (χ1) is 17.3. The zero-order chi connectivity index (χ0) is 27.1. The van der Waals surface area contributed by atoms with Crippen LogP contribution < -0.4 is 4.90 Å². The van der Waals surface area contributed by atoms with Crippen LogP contribution in [0.4, 0.5) is 18.9 Å². The fourth-order valence-corrected chi connectivity index (χ4v) is 4.05.